The Morgan fingerprint density at radius 3 is 2.87 bits per heavy atom. The molecule has 0 N–H and O–H groups in total. The van der Waals surface area contributed by atoms with Crippen LogP contribution in [0.1, 0.15) is 37.3 Å². The third-order valence-corrected chi connectivity index (χ3v) is 3.88. The van der Waals surface area contributed by atoms with Crippen molar-refractivity contribution in [2.75, 3.05) is 0 Å². The second-order valence-corrected chi connectivity index (χ2v) is 5.79. The molecule has 0 spiro atoms. The van der Waals surface area contributed by atoms with Crippen molar-refractivity contribution in [1.82, 2.24) is 0 Å². The Hall–Kier alpha value is -0.630. The van der Waals surface area contributed by atoms with Crippen molar-refractivity contribution in [2.24, 2.45) is 5.41 Å². The zero-order valence-corrected chi connectivity index (χ0v) is 10.7. The Morgan fingerprint density at radius 1 is 1.47 bits per heavy atom. The van der Waals surface area contributed by atoms with Crippen LogP contribution in [0, 0.1) is 5.41 Å². The van der Waals surface area contributed by atoms with Gasteiger partial charge < -0.3 is 4.79 Å². The highest BCUT2D eigenvalue weighted by atomic mass is 79.9. The first-order chi connectivity index (χ1) is 7.04. The molecule has 0 bridgehead atoms. The first-order valence-corrected chi connectivity index (χ1v) is 6.08. The van der Waals surface area contributed by atoms with Crippen LogP contribution in [0.5, 0.6) is 0 Å². The summed E-state index contributed by atoms with van der Waals surface area (Å²) < 4.78 is 1.11. The fourth-order valence-corrected chi connectivity index (χ4v) is 2.81. The number of carbonyl (C=O) groups is 1. The normalized spacial score (nSPS) is 20.1. The summed E-state index contributed by atoms with van der Waals surface area (Å²) in [6.07, 6.45) is 3.29. The van der Waals surface area contributed by atoms with E-state index in [1.54, 1.807) is 0 Å². The van der Waals surface area contributed by atoms with Gasteiger partial charge in [0.1, 0.15) is 6.29 Å². The van der Waals surface area contributed by atoms with Crippen molar-refractivity contribution in [3.63, 3.8) is 0 Å². The molecular weight excluding hydrogens is 252 g/mol. The Labute approximate surface area is 99.0 Å². The second kappa shape index (κ2) is 3.75. The predicted octanol–water partition coefficient (Wildman–Crippen LogP) is 3.70. The number of aldehydes is 1. The Balaban J connectivity index is 2.43. The zero-order chi connectivity index (χ0) is 11.1. The van der Waals surface area contributed by atoms with E-state index in [1.807, 2.05) is 13.8 Å². The standard InChI is InChI=1S/C13H15BrO/c1-13(2,8-15)12-6-4-9-3-5-10(14)7-11(9)12/h3,5,7-8,12H,4,6H2,1-2H3. The predicted molar refractivity (Wildman–Crippen MR) is 65.0 cm³/mol. The summed E-state index contributed by atoms with van der Waals surface area (Å²) >= 11 is 3.49. The average Bonchev–Trinajstić information content (AvgIpc) is 2.61. The number of rotatable bonds is 2. The van der Waals surface area contributed by atoms with Crippen LogP contribution in [0.25, 0.3) is 0 Å². The highest BCUT2D eigenvalue weighted by molar-refractivity contribution is 9.10. The third-order valence-electron chi connectivity index (χ3n) is 3.39. The molecule has 0 fully saturated rings. The van der Waals surface area contributed by atoms with Crippen LogP contribution < -0.4 is 0 Å². The Bertz CT molecular complexity index is 396. The van der Waals surface area contributed by atoms with Gasteiger partial charge in [-0.05, 0) is 42.0 Å². The fraction of sp³-hybridized carbons (Fsp3) is 0.462. The maximum absolute atomic E-state index is 11.1. The highest BCUT2D eigenvalue weighted by Crippen LogP contribution is 2.44. The molecule has 0 aliphatic heterocycles. The van der Waals surface area contributed by atoms with E-state index in [0.29, 0.717) is 5.92 Å². The Kier molecular flexibility index (Phi) is 2.72. The van der Waals surface area contributed by atoms with Gasteiger partial charge in [0.2, 0.25) is 0 Å². The molecule has 80 valence electrons. The minimum absolute atomic E-state index is 0.244. The lowest BCUT2D eigenvalue weighted by atomic mass is 9.77. The van der Waals surface area contributed by atoms with E-state index in [1.165, 1.54) is 11.1 Å². The molecule has 1 nitrogen and oxygen atoms in total. The molecular formula is C13H15BrO. The molecule has 2 heteroatoms. The lowest BCUT2D eigenvalue weighted by Gasteiger charge is -2.26. The molecule has 1 aliphatic rings. The van der Waals surface area contributed by atoms with E-state index < -0.39 is 0 Å². The quantitative estimate of drug-likeness (QED) is 0.746. The lowest BCUT2D eigenvalue weighted by molar-refractivity contribution is -0.115. The van der Waals surface area contributed by atoms with Gasteiger partial charge in [0, 0.05) is 9.89 Å². The van der Waals surface area contributed by atoms with Crippen molar-refractivity contribution < 1.29 is 4.79 Å². The number of benzene rings is 1. The van der Waals surface area contributed by atoms with Gasteiger partial charge in [0.15, 0.2) is 0 Å². The summed E-state index contributed by atoms with van der Waals surface area (Å²) in [5, 5.41) is 0. The van der Waals surface area contributed by atoms with E-state index in [0.717, 1.165) is 23.6 Å². The van der Waals surface area contributed by atoms with Crippen LogP contribution in [0.3, 0.4) is 0 Å². The molecule has 1 unspecified atom stereocenters. The molecule has 1 aromatic carbocycles. The first-order valence-electron chi connectivity index (χ1n) is 5.29. The van der Waals surface area contributed by atoms with Crippen molar-refractivity contribution in [3.8, 4) is 0 Å². The van der Waals surface area contributed by atoms with Crippen LogP contribution in [0.4, 0.5) is 0 Å². The van der Waals surface area contributed by atoms with Crippen LogP contribution in [0.2, 0.25) is 0 Å². The van der Waals surface area contributed by atoms with E-state index in [9.17, 15) is 4.79 Å². The lowest BCUT2D eigenvalue weighted by Crippen LogP contribution is -2.21. The van der Waals surface area contributed by atoms with Crippen molar-refractivity contribution in [3.05, 3.63) is 33.8 Å². The van der Waals surface area contributed by atoms with Gasteiger partial charge in [-0.25, -0.2) is 0 Å². The second-order valence-electron chi connectivity index (χ2n) is 4.87. The number of hydrogen-bond acceptors (Lipinski definition) is 1. The average molecular weight is 267 g/mol. The number of carbonyl (C=O) groups excluding carboxylic acids is 1. The van der Waals surface area contributed by atoms with Crippen molar-refractivity contribution >= 4 is 22.2 Å². The number of aryl methyl sites for hydroxylation is 1. The van der Waals surface area contributed by atoms with Crippen LogP contribution >= 0.6 is 15.9 Å². The summed E-state index contributed by atoms with van der Waals surface area (Å²) in [5.41, 5.74) is 2.51. The minimum Gasteiger partial charge on any atom is -0.303 e. The van der Waals surface area contributed by atoms with E-state index in [4.69, 9.17) is 0 Å². The van der Waals surface area contributed by atoms with Crippen LogP contribution in [-0.2, 0) is 11.2 Å². The van der Waals surface area contributed by atoms with Gasteiger partial charge >= 0.3 is 0 Å². The summed E-state index contributed by atoms with van der Waals surface area (Å²) in [6, 6.07) is 6.41. The molecule has 0 saturated heterocycles. The van der Waals surface area contributed by atoms with Gasteiger partial charge in [-0.2, -0.15) is 0 Å². The maximum atomic E-state index is 11.1. The van der Waals surface area contributed by atoms with Crippen LogP contribution in [-0.4, -0.2) is 6.29 Å². The molecule has 1 aromatic rings. The van der Waals surface area contributed by atoms with Crippen LogP contribution in [0.15, 0.2) is 22.7 Å². The summed E-state index contributed by atoms with van der Waals surface area (Å²) in [6.45, 7) is 4.06. The molecule has 1 atom stereocenters. The summed E-state index contributed by atoms with van der Waals surface area (Å²) in [5.74, 6) is 0.377. The molecule has 0 saturated carbocycles. The van der Waals surface area contributed by atoms with E-state index in [-0.39, 0.29) is 5.41 Å². The van der Waals surface area contributed by atoms with Gasteiger partial charge in [-0.3, -0.25) is 0 Å². The molecule has 0 aromatic heterocycles. The van der Waals surface area contributed by atoms with E-state index >= 15 is 0 Å². The summed E-state index contributed by atoms with van der Waals surface area (Å²) in [4.78, 5) is 11.1. The number of fused-ring (bicyclic) bond motifs is 1. The first kappa shape index (κ1) is 10.9. The maximum Gasteiger partial charge on any atom is 0.126 e. The molecule has 15 heavy (non-hydrogen) atoms. The summed E-state index contributed by atoms with van der Waals surface area (Å²) in [7, 11) is 0. The molecule has 1 aliphatic carbocycles. The van der Waals surface area contributed by atoms with Gasteiger partial charge in [-0.15, -0.1) is 0 Å². The zero-order valence-electron chi connectivity index (χ0n) is 9.09. The Morgan fingerprint density at radius 2 is 2.20 bits per heavy atom. The number of hydrogen-bond donors (Lipinski definition) is 0. The van der Waals surface area contributed by atoms with Crippen molar-refractivity contribution in [1.29, 1.82) is 0 Å². The topological polar surface area (TPSA) is 17.1 Å². The van der Waals surface area contributed by atoms with Crippen molar-refractivity contribution in [2.45, 2.75) is 32.6 Å². The minimum atomic E-state index is -0.244. The van der Waals surface area contributed by atoms with Gasteiger partial charge in [0.25, 0.3) is 0 Å². The largest absolute Gasteiger partial charge is 0.303 e. The fourth-order valence-electron chi connectivity index (χ4n) is 2.43. The smallest absolute Gasteiger partial charge is 0.126 e. The van der Waals surface area contributed by atoms with E-state index in [2.05, 4.69) is 34.1 Å². The molecule has 0 amide bonds. The van der Waals surface area contributed by atoms with Gasteiger partial charge in [-0.1, -0.05) is 35.8 Å². The highest BCUT2D eigenvalue weighted by Gasteiger charge is 2.35. The SMILES string of the molecule is CC(C)(C=O)C1CCc2ccc(Br)cc21. The third kappa shape index (κ3) is 1.87. The molecule has 2 rings (SSSR count). The molecule has 0 radical (unpaired) electrons. The number of halogens is 1. The molecule has 0 heterocycles. The monoisotopic (exact) mass is 266 g/mol. The van der Waals surface area contributed by atoms with Gasteiger partial charge in [0.05, 0.1) is 0 Å².